The zero-order valence-electron chi connectivity index (χ0n) is 19.3. The Labute approximate surface area is 204 Å². The van der Waals surface area contributed by atoms with E-state index in [4.69, 9.17) is 32.9 Å². The number of amides is 1. The van der Waals surface area contributed by atoms with E-state index in [0.717, 1.165) is 41.8 Å². The highest BCUT2D eigenvalue weighted by molar-refractivity contribution is 6.35. The van der Waals surface area contributed by atoms with Gasteiger partial charge in [0.15, 0.2) is 0 Å². The molecule has 4 rings (SSSR count). The number of anilines is 1. The van der Waals surface area contributed by atoms with E-state index in [0.29, 0.717) is 29.7 Å². The zero-order valence-corrected chi connectivity index (χ0v) is 20.8. The molecule has 1 saturated heterocycles. The van der Waals surface area contributed by atoms with Crippen molar-refractivity contribution in [3.63, 3.8) is 0 Å². The van der Waals surface area contributed by atoms with Crippen LogP contribution in [0.15, 0.2) is 42.5 Å². The molecule has 8 heteroatoms. The minimum absolute atomic E-state index is 0.0426. The summed E-state index contributed by atoms with van der Waals surface area (Å²) >= 11 is 12.5. The number of fused-ring (bicyclic) bond motifs is 1. The van der Waals surface area contributed by atoms with Gasteiger partial charge in [-0.25, -0.2) is 9.78 Å². The summed E-state index contributed by atoms with van der Waals surface area (Å²) in [5.41, 5.74) is 2.36. The van der Waals surface area contributed by atoms with Gasteiger partial charge in [0, 0.05) is 23.1 Å². The Balaban J connectivity index is 1.56. The second-order valence-electron chi connectivity index (χ2n) is 9.45. The maximum absolute atomic E-state index is 12.8. The molecule has 176 valence electrons. The molecule has 1 aliphatic heterocycles. The SMILES string of the molecule is CC(C)(C)OC(=O)N1CCCC[C@H]1CNc1nc2ccccc2n1Cc1ccc(Cl)cc1Cl. The van der Waals surface area contributed by atoms with Crippen LogP contribution in [0.4, 0.5) is 10.7 Å². The number of imidazole rings is 1. The Bertz CT molecular complexity index is 1140. The summed E-state index contributed by atoms with van der Waals surface area (Å²) in [6.07, 6.45) is 2.75. The molecule has 2 heterocycles. The highest BCUT2D eigenvalue weighted by Gasteiger charge is 2.30. The number of rotatable bonds is 5. The molecule has 6 nitrogen and oxygen atoms in total. The van der Waals surface area contributed by atoms with Crippen molar-refractivity contribution >= 4 is 46.3 Å². The maximum Gasteiger partial charge on any atom is 0.410 e. The van der Waals surface area contributed by atoms with Crippen LogP contribution in [0.2, 0.25) is 10.0 Å². The van der Waals surface area contributed by atoms with Gasteiger partial charge in [-0.15, -0.1) is 0 Å². The van der Waals surface area contributed by atoms with Crippen molar-refractivity contribution < 1.29 is 9.53 Å². The fourth-order valence-corrected chi connectivity index (χ4v) is 4.64. The minimum atomic E-state index is -0.516. The van der Waals surface area contributed by atoms with Gasteiger partial charge in [0.25, 0.3) is 0 Å². The summed E-state index contributed by atoms with van der Waals surface area (Å²) in [6, 6.07) is 13.6. The molecular weight excluding hydrogens is 459 g/mol. The van der Waals surface area contributed by atoms with Crippen LogP contribution < -0.4 is 5.32 Å². The third kappa shape index (κ3) is 5.74. The molecule has 1 fully saturated rings. The fraction of sp³-hybridized carbons (Fsp3) is 0.440. The topological polar surface area (TPSA) is 59.4 Å². The molecule has 1 aromatic heterocycles. The summed E-state index contributed by atoms with van der Waals surface area (Å²) in [5.74, 6) is 0.747. The zero-order chi connectivity index (χ0) is 23.6. The van der Waals surface area contributed by atoms with Gasteiger partial charge in [-0.3, -0.25) is 0 Å². The molecule has 33 heavy (non-hydrogen) atoms. The van der Waals surface area contributed by atoms with Crippen molar-refractivity contribution in [3.05, 3.63) is 58.1 Å². The number of carbonyl (C=O) groups excluding carboxylic acids is 1. The first-order valence-corrected chi connectivity index (χ1v) is 12.1. The third-order valence-electron chi connectivity index (χ3n) is 5.75. The van der Waals surface area contributed by atoms with Gasteiger partial charge in [0.2, 0.25) is 5.95 Å². The molecule has 0 spiro atoms. The van der Waals surface area contributed by atoms with Crippen LogP contribution in [0.25, 0.3) is 11.0 Å². The molecule has 1 amide bonds. The van der Waals surface area contributed by atoms with Crippen molar-refractivity contribution in [2.75, 3.05) is 18.4 Å². The van der Waals surface area contributed by atoms with Crippen molar-refractivity contribution in [1.29, 1.82) is 0 Å². The first-order chi connectivity index (χ1) is 15.7. The standard InChI is InChI=1S/C25H30Cl2N4O2/c1-25(2,3)33-24(32)30-13-7-6-8-19(30)15-28-23-29-21-9-4-5-10-22(21)31(23)16-17-11-12-18(26)14-20(17)27/h4-5,9-12,14,19H,6-8,13,15-16H2,1-3H3,(H,28,29)/t19-/m0/s1. The lowest BCUT2D eigenvalue weighted by Gasteiger charge is -2.36. The average molecular weight is 489 g/mol. The number of nitrogens with zero attached hydrogens (tertiary/aromatic N) is 3. The van der Waals surface area contributed by atoms with Gasteiger partial charge in [0.05, 0.1) is 23.6 Å². The first-order valence-electron chi connectivity index (χ1n) is 11.3. The number of aromatic nitrogens is 2. The number of ether oxygens (including phenoxy) is 1. The number of halogens is 2. The molecule has 3 aromatic rings. The van der Waals surface area contributed by atoms with Crippen LogP contribution >= 0.6 is 23.2 Å². The normalized spacial score (nSPS) is 16.8. The first kappa shape index (κ1) is 23.7. The molecule has 1 atom stereocenters. The van der Waals surface area contributed by atoms with Crippen LogP contribution in [0.3, 0.4) is 0 Å². The van der Waals surface area contributed by atoms with E-state index in [2.05, 4.69) is 9.88 Å². The molecule has 1 N–H and O–H groups in total. The predicted molar refractivity (Wildman–Crippen MR) is 134 cm³/mol. The largest absolute Gasteiger partial charge is 0.444 e. The van der Waals surface area contributed by atoms with E-state index in [-0.39, 0.29) is 12.1 Å². The average Bonchev–Trinajstić information content (AvgIpc) is 3.10. The number of hydrogen-bond acceptors (Lipinski definition) is 4. The second kappa shape index (κ2) is 9.82. The van der Waals surface area contributed by atoms with Gasteiger partial charge in [-0.2, -0.15) is 0 Å². The number of nitrogens with one attached hydrogen (secondary N) is 1. The molecule has 2 aromatic carbocycles. The van der Waals surface area contributed by atoms with Crippen LogP contribution in [-0.4, -0.2) is 45.3 Å². The van der Waals surface area contributed by atoms with Crippen molar-refractivity contribution in [3.8, 4) is 0 Å². The smallest absolute Gasteiger partial charge is 0.410 e. The monoisotopic (exact) mass is 488 g/mol. The molecular formula is C25H30Cl2N4O2. The van der Waals surface area contributed by atoms with Gasteiger partial charge in [0.1, 0.15) is 5.60 Å². The molecule has 1 aliphatic rings. The summed E-state index contributed by atoms with van der Waals surface area (Å²) in [6.45, 7) is 7.54. The highest BCUT2D eigenvalue weighted by atomic mass is 35.5. The van der Waals surface area contributed by atoms with Gasteiger partial charge < -0.3 is 19.5 Å². The van der Waals surface area contributed by atoms with Crippen LogP contribution in [0, 0.1) is 0 Å². The summed E-state index contributed by atoms with van der Waals surface area (Å²) in [4.78, 5) is 19.4. The summed E-state index contributed by atoms with van der Waals surface area (Å²) < 4.78 is 7.76. The summed E-state index contributed by atoms with van der Waals surface area (Å²) in [5, 5.41) is 4.73. The lowest BCUT2D eigenvalue weighted by molar-refractivity contribution is 0.0114. The second-order valence-corrected chi connectivity index (χ2v) is 10.3. The lowest BCUT2D eigenvalue weighted by Crippen LogP contribution is -2.49. The molecule has 0 aliphatic carbocycles. The van der Waals surface area contributed by atoms with E-state index < -0.39 is 5.60 Å². The molecule has 0 radical (unpaired) electrons. The lowest BCUT2D eigenvalue weighted by atomic mass is 10.0. The number of para-hydroxylation sites is 2. The molecule has 0 bridgehead atoms. The Kier molecular flexibility index (Phi) is 7.05. The number of hydrogen-bond donors (Lipinski definition) is 1. The predicted octanol–water partition coefficient (Wildman–Crippen LogP) is 6.59. The molecule has 0 unspecified atom stereocenters. The number of carbonyl (C=O) groups is 1. The van der Waals surface area contributed by atoms with Gasteiger partial charge in [-0.1, -0.05) is 41.4 Å². The van der Waals surface area contributed by atoms with Gasteiger partial charge in [-0.05, 0) is 69.9 Å². The Morgan fingerprint density at radius 3 is 2.73 bits per heavy atom. The Morgan fingerprint density at radius 1 is 1.18 bits per heavy atom. The Hall–Kier alpha value is -2.44. The summed E-state index contributed by atoms with van der Waals surface area (Å²) in [7, 11) is 0. The van der Waals surface area contributed by atoms with Crippen molar-refractivity contribution in [2.24, 2.45) is 0 Å². The van der Waals surface area contributed by atoms with Gasteiger partial charge >= 0.3 is 6.09 Å². The number of piperidine rings is 1. The Morgan fingerprint density at radius 2 is 1.97 bits per heavy atom. The van der Waals surface area contributed by atoms with E-state index in [1.807, 2.05) is 62.1 Å². The van der Waals surface area contributed by atoms with E-state index in [1.54, 1.807) is 6.07 Å². The fourth-order valence-electron chi connectivity index (χ4n) is 4.17. The quantitative estimate of drug-likeness (QED) is 0.439. The highest BCUT2D eigenvalue weighted by Crippen LogP contribution is 2.27. The number of benzene rings is 2. The van der Waals surface area contributed by atoms with E-state index in [9.17, 15) is 4.79 Å². The van der Waals surface area contributed by atoms with Crippen molar-refractivity contribution in [1.82, 2.24) is 14.5 Å². The van der Waals surface area contributed by atoms with Crippen LogP contribution in [0.5, 0.6) is 0 Å². The third-order valence-corrected chi connectivity index (χ3v) is 6.34. The van der Waals surface area contributed by atoms with E-state index in [1.165, 1.54) is 0 Å². The van der Waals surface area contributed by atoms with Crippen LogP contribution in [-0.2, 0) is 11.3 Å². The van der Waals surface area contributed by atoms with Crippen LogP contribution in [0.1, 0.15) is 45.6 Å². The van der Waals surface area contributed by atoms with Crippen molar-refractivity contribution in [2.45, 2.75) is 58.2 Å². The molecule has 0 saturated carbocycles. The van der Waals surface area contributed by atoms with E-state index >= 15 is 0 Å². The minimum Gasteiger partial charge on any atom is -0.444 e. The maximum atomic E-state index is 12.8. The number of likely N-dealkylation sites (tertiary alicyclic amines) is 1.